The summed E-state index contributed by atoms with van der Waals surface area (Å²) in [6, 6.07) is 3.74. The maximum absolute atomic E-state index is 6.00. The quantitative estimate of drug-likeness (QED) is 0.805. The Balaban J connectivity index is 2.71. The Morgan fingerprint density at radius 3 is 2.93 bits per heavy atom. The molecule has 1 atom stereocenters. The lowest BCUT2D eigenvalue weighted by molar-refractivity contribution is 0.675. The van der Waals surface area contributed by atoms with Gasteiger partial charge >= 0.3 is 0 Å². The molecule has 0 saturated carbocycles. The maximum Gasteiger partial charge on any atom is 0.126 e. The summed E-state index contributed by atoms with van der Waals surface area (Å²) < 4.78 is 0. The van der Waals surface area contributed by atoms with Crippen LogP contribution in [0.25, 0.3) is 11.0 Å². The van der Waals surface area contributed by atoms with Crippen molar-refractivity contribution >= 4 is 11.0 Å². The molecule has 0 aliphatic carbocycles. The van der Waals surface area contributed by atoms with Gasteiger partial charge in [0.25, 0.3) is 0 Å². The molecule has 78 valence electrons. The molecule has 1 unspecified atom stereocenters. The van der Waals surface area contributed by atoms with Crippen LogP contribution in [-0.4, -0.2) is 15.0 Å². The smallest absolute Gasteiger partial charge is 0.126 e. The van der Waals surface area contributed by atoms with Crippen LogP contribution in [0.2, 0.25) is 0 Å². The molecular formula is C11H14N4. The van der Waals surface area contributed by atoms with Crippen molar-refractivity contribution in [3.8, 4) is 0 Å². The first-order chi connectivity index (χ1) is 7.22. The minimum atomic E-state index is -0.0656. The fraction of sp³-hybridized carbons (Fsp3) is 0.364. The molecule has 15 heavy (non-hydrogen) atoms. The van der Waals surface area contributed by atoms with E-state index in [1.54, 1.807) is 6.20 Å². The van der Waals surface area contributed by atoms with E-state index in [2.05, 4.69) is 15.0 Å². The van der Waals surface area contributed by atoms with Crippen molar-refractivity contribution in [2.45, 2.75) is 26.3 Å². The van der Waals surface area contributed by atoms with Gasteiger partial charge in [0.15, 0.2) is 0 Å². The standard InChI is InChI=1S/C11H14N4/c1-3-8(12)10-11-9(5-4-6-13-11)14-7(2)15-10/h4-6,8H,3,12H2,1-2H3. The SMILES string of the molecule is CCC(N)c1nc(C)nc2cccnc12. The van der Waals surface area contributed by atoms with Gasteiger partial charge in [-0.25, -0.2) is 9.97 Å². The zero-order valence-corrected chi connectivity index (χ0v) is 8.94. The summed E-state index contributed by atoms with van der Waals surface area (Å²) in [6.45, 7) is 3.91. The summed E-state index contributed by atoms with van der Waals surface area (Å²) in [5.74, 6) is 0.745. The van der Waals surface area contributed by atoms with Crippen LogP contribution in [0.1, 0.15) is 30.9 Å². The van der Waals surface area contributed by atoms with E-state index in [-0.39, 0.29) is 6.04 Å². The predicted molar refractivity (Wildman–Crippen MR) is 59.3 cm³/mol. The van der Waals surface area contributed by atoms with Crippen LogP contribution < -0.4 is 5.73 Å². The van der Waals surface area contributed by atoms with Crippen molar-refractivity contribution in [2.75, 3.05) is 0 Å². The van der Waals surface area contributed by atoms with Crippen LogP contribution in [0.4, 0.5) is 0 Å². The van der Waals surface area contributed by atoms with Gasteiger partial charge < -0.3 is 5.73 Å². The van der Waals surface area contributed by atoms with Gasteiger partial charge in [-0.15, -0.1) is 0 Å². The fourth-order valence-corrected chi connectivity index (χ4v) is 1.56. The first kappa shape index (κ1) is 9.98. The fourth-order valence-electron chi connectivity index (χ4n) is 1.56. The summed E-state index contributed by atoms with van der Waals surface area (Å²) in [7, 11) is 0. The highest BCUT2D eigenvalue weighted by Gasteiger charge is 2.12. The largest absolute Gasteiger partial charge is 0.323 e. The van der Waals surface area contributed by atoms with E-state index < -0.39 is 0 Å². The lowest BCUT2D eigenvalue weighted by Crippen LogP contribution is -2.13. The molecule has 2 heterocycles. The second kappa shape index (κ2) is 3.90. The summed E-state index contributed by atoms with van der Waals surface area (Å²) in [6.07, 6.45) is 2.59. The zero-order valence-electron chi connectivity index (χ0n) is 8.94. The molecule has 4 heteroatoms. The van der Waals surface area contributed by atoms with Crippen molar-refractivity contribution < 1.29 is 0 Å². The molecule has 0 aliphatic rings. The molecule has 0 spiro atoms. The minimum absolute atomic E-state index is 0.0656. The highest BCUT2D eigenvalue weighted by molar-refractivity contribution is 5.76. The number of aryl methyl sites for hydroxylation is 1. The number of rotatable bonds is 2. The van der Waals surface area contributed by atoms with Gasteiger partial charge in [-0.2, -0.15) is 0 Å². The number of hydrogen-bond donors (Lipinski definition) is 1. The van der Waals surface area contributed by atoms with Gasteiger partial charge in [-0.05, 0) is 25.5 Å². The number of nitrogens with two attached hydrogens (primary N) is 1. The number of aromatic nitrogens is 3. The van der Waals surface area contributed by atoms with Crippen LogP contribution in [0.3, 0.4) is 0 Å². The average molecular weight is 202 g/mol. The van der Waals surface area contributed by atoms with Crippen molar-refractivity contribution in [1.29, 1.82) is 0 Å². The maximum atomic E-state index is 6.00. The van der Waals surface area contributed by atoms with Gasteiger partial charge in [0.2, 0.25) is 0 Å². The monoisotopic (exact) mass is 202 g/mol. The molecule has 0 bridgehead atoms. The highest BCUT2D eigenvalue weighted by atomic mass is 14.9. The molecule has 0 saturated heterocycles. The molecular weight excluding hydrogens is 188 g/mol. The Morgan fingerprint density at radius 1 is 1.40 bits per heavy atom. The second-order valence-corrected chi connectivity index (χ2v) is 3.54. The van der Waals surface area contributed by atoms with E-state index >= 15 is 0 Å². The van der Waals surface area contributed by atoms with E-state index in [4.69, 9.17) is 5.73 Å². The third kappa shape index (κ3) is 1.80. The van der Waals surface area contributed by atoms with E-state index in [9.17, 15) is 0 Å². The Bertz CT molecular complexity index is 481. The summed E-state index contributed by atoms with van der Waals surface area (Å²) in [4.78, 5) is 13.0. The Hall–Kier alpha value is -1.55. The Kier molecular flexibility index (Phi) is 2.60. The molecule has 0 amide bonds. The Labute approximate surface area is 88.6 Å². The van der Waals surface area contributed by atoms with Crippen LogP contribution in [-0.2, 0) is 0 Å². The molecule has 0 aliphatic heterocycles. The molecule has 4 nitrogen and oxygen atoms in total. The first-order valence-electron chi connectivity index (χ1n) is 5.07. The molecule has 2 aromatic heterocycles. The van der Waals surface area contributed by atoms with E-state index in [0.717, 1.165) is 29.0 Å². The summed E-state index contributed by atoms with van der Waals surface area (Å²) in [5.41, 5.74) is 8.53. The highest BCUT2D eigenvalue weighted by Crippen LogP contribution is 2.19. The van der Waals surface area contributed by atoms with Gasteiger partial charge in [0.1, 0.15) is 11.3 Å². The number of fused-ring (bicyclic) bond motifs is 1. The van der Waals surface area contributed by atoms with Crippen LogP contribution in [0.15, 0.2) is 18.3 Å². The lowest BCUT2D eigenvalue weighted by atomic mass is 10.1. The van der Waals surface area contributed by atoms with Crippen molar-refractivity contribution in [1.82, 2.24) is 15.0 Å². The first-order valence-corrected chi connectivity index (χ1v) is 5.07. The second-order valence-electron chi connectivity index (χ2n) is 3.54. The van der Waals surface area contributed by atoms with Gasteiger partial charge in [-0.1, -0.05) is 6.92 Å². The molecule has 0 radical (unpaired) electrons. The molecule has 0 aromatic carbocycles. The third-order valence-electron chi connectivity index (χ3n) is 2.38. The number of pyridine rings is 1. The van der Waals surface area contributed by atoms with Gasteiger partial charge in [0, 0.05) is 12.2 Å². The molecule has 0 fully saturated rings. The van der Waals surface area contributed by atoms with E-state index in [0.29, 0.717) is 0 Å². The molecule has 2 rings (SSSR count). The van der Waals surface area contributed by atoms with E-state index in [1.807, 2.05) is 26.0 Å². The number of nitrogens with zero attached hydrogens (tertiary/aromatic N) is 3. The summed E-state index contributed by atoms with van der Waals surface area (Å²) in [5, 5.41) is 0. The van der Waals surface area contributed by atoms with Gasteiger partial charge in [-0.3, -0.25) is 4.98 Å². The van der Waals surface area contributed by atoms with Crippen LogP contribution in [0.5, 0.6) is 0 Å². The normalized spacial score (nSPS) is 13.0. The van der Waals surface area contributed by atoms with E-state index in [1.165, 1.54) is 0 Å². The minimum Gasteiger partial charge on any atom is -0.323 e. The number of hydrogen-bond acceptors (Lipinski definition) is 4. The lowest BCUT2D eigenvalue weighted by Gasteiger charge is -2.10. The summed E-state index contributed by atoms with van der Waals surface area (Å²) >= 11 is 0. The predicted octanol–water partition coefficient (Wildman–Crippen LogP) is 1.74. The zero-order chi connectivity index (χ0) is 10.8. The third-order valence-corrected chi connectivity index (χ3v) is 2.38. The van der Waals surface area contributed by atoms with Crippen molar-refractivity contribution in [2.24, 2.45) is 5.73 Å². The van der Waals surface area contributed by atoms with Crippen LogP contribution >= 0.6 is 0 Å². The molecule has 2 aromatic rings. The average Bonchev–Trinajstić information content (AvgIpc) is 2.26. The molecule has 2 N–H and O–H groups in total. The topological polar surface area (TPSA) is 64.7 Å². The van der Waals surface area contributed by atoms with Crippen molar-refractivity contribution in [3.63, 3.8) is 0 Å². The van der Waals surface area contributed by atoms with Crippen molar-refractivity contribution in [3.05, 3.63) is 29.8 Å². The van der Waals surface area contributed by atoms with Gasteiger partial charge in [0.05, 0.1) is 11.2 Å². The Morgan fingerprint density at radius 2 is 2.20 bits per heavy atom. The van der Waals surface area contributed by atoms with Crippen LogP contribution in [0, 0.1) is 6.92 Å².